The van der Waals surface area contributed by atoms with Crippen molar-refractivity contribution in [2.75, 3.05) is 9.80 Å². The van der Waals surface area contributed by atoms with Gasteiger partial charge in [-0.1, -0.05) is 201 Å². The van der Waals surface area contributed by atoms with Crippen LogP contribution in [0.4, 0.5) is 28.4 Å². The number of allylic oxidation sites excluding steroid dienone is 2. The van der Waals surface area contributed by atoms with E-state index in [9.17, 15) is 0 Å². The highest BCUT2D eigenvalue weighted by molar-refractivity contribution is 6.18. The van der Waals surface area contributed by atoms with E-state index in [1.807, 2.05) is 18.2 Å². The van der Waals surface area contributed by atoms with Gasteiger partial charge in [0, 0.05) is 49.6 Å². The van der Waals surface area contributed by atoms with Crippen molar-refractivity contribution in [3.63, 3.8) is 0 Å². The van der Waals surface area contributed by atoms with Crippen molar-refractivity contribution in [3.8, 4) is 33.4 Å². The van der Waals surface area contributed by atoms with Crippen LogP contribution in [0.3, 0.4) is 0 Å². The Morgan fingerprint density at radius 1 is 0.397 bits per heavy atom. The lowest BCUT2D eigenvalue weighted by molar-refractivity contribution is 0.595. The number of para-hydroxylation sites is 4. The maximum absolute atomic E-state index is 7.12. The third kappa shape index (κ3) is 7.65. The molecule has 0 unspecified atom stereocenters. The molecule has 4 heteroatoms. The summed E-state index contributed by atoms with van der Waals surface area (Å²) in [5.41, 5.74) is 15.9. The molecule has 4 nitrogen and oxygen atoms in total. The van der Waals surface area contributed by atoms with Crippen LogP contribution in [0.5, 0.6) is 0 Å². The Labute approximate surface area is 424 Å². The first-order valence-corrected chi connectivity index (χ1v) is 24.8. The van der Waals surface area contributed by atoms with Crippen molar-refractivity contribution in [3.05, 3.63) is 279 Å². The summed E-state index contributed by atoms with van der Waals surface area (Å²) in [5.74, 6) is 0.768. The van der Waals surface area contributed by atoms with Gasteiger partial charge in [0.2, 0.25) is 0 Å². The van der Waals surface area contributed by atoms with E-state index in [1.54, 1.807) is 0 Å². The number of fused-ring (bicyclic) bond motifs is 7. The summed E-state index contributed by atoms with van der Waals surface area (Å²) in [4.78, 5) is 4.70. The Balaban J connectivity index is 1.04. The van der Waals surface area contributed by atoms with Crippen molar-refractivity contribution in [1.82, 2.24) is 0 Å². The molecule has 13 aromatic rings. The quantitative estimate of drug-likeness (QED) is 0.121. The lowest BCUT2D eigenvalue weighted by atomic mass is 9.97. The average molecular weight is 937 g/mol. The number of rotatable bonds is 11. The van der Waals surface area contributed by atoms with Crippen molar-refractivity contribution >= 4 is 88.6 Å². The van der Waals surface area contributed by atoms with Crippen LogP contribution in [-0.2, 0) is 0 Å². The van der Waals surface area contributed by atoms with Crippen LogP contribution in [-0.4, -0.2) is 0 Å². The van der Waals surface area contributed by atoms with Gasteiger partial charge in [0.05, 0.1) is 22.8 Å². The zero-order chi connectivity index (χ0) is 48.8. The summed E-state index contributed by atoms with van der Waals surface area (Å²) in [6.07, 6.45) is 3.93. The van der Waals surface area contributed by atoms with E-state index >= 15 is 0 Å². The van der Waals surface area contributed by atoms with Gasteiger partial charge in [-0.15, -0.1) is 0 Å². The second-order valence-electron chi connectivity index (χ2n) is 18.5. The highest BCUT2D eigenvalue weighted by Gasteiger charge is 2.28. The highest BCUT2D eigenvalue weighted by atomic mass is 16.3. The molecule has 0 aliphatic heterocycles. The van der Waals surface area contributed by atoms with Crippen LogP contribution in [0.2, 0.25) is 0 Å². The van der Waals surface area contributed by atoms with E-state index in [0.717, 1.165) is 123 Å². The molecule has 0 saturated heterocycles. The number of nitrogens with zero attached hydrogens (tertiary/aromatic N) is 2. The van der Waals surface area contributed by atoms with Gasteiger partial charge in [-0.25, -0.2) is 0 Å². The smallest absolute Gasteiger partial charge is 0.159 e. The second kappa shape index (κ2) is 18.3. The van der Waals surface area contributed by atoms with Gasteiger partial charge in [0.1, 0.15) is 11.2 Å². The summed E-state index contributed by atoms with van der Waals surface area (Å²) in [6.45, 7) is 6.43. The van der Waals surface area contributed by atoms with Gasteiger partial charge in [0.25, 0.3) is 0 Å². The summed E-state index contributed by atoms with van der Waals surface area (Å²) >= 11 is 0. The molecule has 13 rings (SSSR count). The molecular formula is C69H48N2O2. The maximum Gasteiger partial charge on any atom is 0.159 e. The normalized spacial score (nSPS) is 11.8. The fraction of sp³-hybridized carbons (Fsp3) is 0.0145. The molecule has 0 spiro atoms. The third-order valence-corrected chi connectivity index (χ3v) is 14.2. The van der Waals surface area contributed by atoms with Crippen LogP contribution in [0, 0.1) is 6.92 Å². The Morgan fingerprint density at radius 2 is 0.973 bits per heavy atom. The topological polar surface area (TPSA) is 32.8 Å². The SMILES string of the molecule is C=C/C=C(\c1oc2ccccc2c1C)N(c1cccc(-c2ccc3ccccc3c2)c1)c1ccccc1-c1ccccc1N(c1ccc(-c2ccccc2)cc1)c1cccc2c1oc1c3ccccc3ccc21. The predicted octanol–water partition coefficient (Wildman–Crippen LogP) is 19.8. The first kappa shape index (κ1) is 43.4. The highest BCUT2D eigenvalue weighted by Crippen LogP contribution is 2.50. The minimum Gasteiger partial charge on any atom is -0.454 e. The molecule has 2 aromatic heterocycles. The molecule has 2 heterocycles. The Bertz CT molecular complexity index is 4250. The first-order valence-electron chi connectivity index (χ1n) is 24.8. The predicted molar refractivity (Wildman–Crippen MR) is 307 cm³/mol. The summed E-state index contributed by atoms with van der Waals surface area (Å²) in [7, 11) is 0. The minimum absolute atomic E-state index is 0.768. The number of furan rings is 2. The van der Waals surface area contributed by atoms with E-state index < -0.39 is 0 Å². The molecule has 11 aromatic carbocycles. The van der Waals surface area contributed by atoms with E-state index in [1.165, 1.54) is 10.8 Å². The molecular weight excluding hydrogens is 889 g/mol. The molecule has 0 saturated carbocycles. The lowest BCUT2D eigenvalue weighted by Gasteiger charge is -2.32. The Kier molecular flexibility index (Phi) is 10.9. The van der Waals surface area contributed by atoms with E-state index in [4.69, 9.17) is 8.83 Å². The minimum atomic E-state index is 0.768. The van der Waals surface area contributed by atoms with Crippen LogP contribution in [0.25, 0.3) is 93.5 Å². The van der Waals surface area contributed by atoms with E-state index in [-0.39, 0.29) is 0 Å². The molecule has 73 heavy (non-hydrogen) atoms. The molecule has 0 bridgehead atoms. The fourth-order valence-corrected chi connectivity index (χ4v) is 10.7. The molecule has 346 valence electrons. The number of hydrogen-bond acceptors (Lipinski definition) is 4. The average Bonchev–Trinajstić information content (AvgIpc) is 4.01. The van der Waals surface area contributed by atoms with Crippen molar-refractivity contribution < 1.29 is 8.83 Å². The van der Waals surface area contributed by atoms with Gasteiger partial charge in [-0.2, -0.15) is 0 Å². The number of hydrogen-bond donors (Lipinski definition) is 0. The standard InChI is InChI=1S/C69H48N2O2/c1-3-19-64(67-46(2)56-27-13-16-35-66(56)72-67)71(55-26-17-25-52(45-55)53-37-36-48-22-7-8-24-51(48)44-53)63-33-15-12-30-59(63)58-29-11-14-32-62(58)70(54-41-38-49(39-42-54)47-20-5-4-6-21-47)65-34-18-31-60-61-43-40-50-23-9-10-28-57(50)68(61)73-69(60)65/h3-45H,1H2,2H3/b64-19+. The summed E-state index contributed by atoms with van der Waals surface area (Å²) in [5, 5.41) is 7.83. The molecule has 0 amide bonds. The van der Waals surface area contributed by atoms with Crippen molar-refractivity contribution in [1.29, 1.82) is 0 Å². The van der Waals surface area contributed by atoms with E-state index in [2.05, 4.69) is 266 Å². The summed E-state index contributed by atoms with van der Waals surface area (Å²) in [6, 6.07) is 88.5. The van der Waals surface area contributed by atoms with Crippen LogP contribution in [0.1, 0.15) is 11.3 Å². The van der Waals surface area contributed by atoms with Gasteiger partial charge in [0.15, 0.2) is 11.3 Å². The van der Waals surface area contributed by atoms with Crippen LogP contribution in [0.15, 0.2) is 276 Å². The van der Waals surface area contributed by atoms with Crippen molar-refractivity contribution in [2.45, 2.75) is 6.92 Å². The maximum atomic E-state index is 7.12. The lowest BCUT2D eigenvalue weighted by Crippen LogP contribution is -2.17. The van der Waals surface area contributed by atoms with E-state index in [0.29, 0.717) is 0 Å². The van der Waals surface area contributed by atoms with Crippen molar-refractivity contribution in [2.24, 2.45) is 0 Å². The molecule has 0 atom stereocenters. The van der Waals surface area contributed by atoms with Gasteiger partial charge in [-0.05, 0) is 112 Å². The molecule has 0 fully saturated rings. The molecule has 0 aliphatic rings. The van der Waals surface area contributed by atoms with Crippen LogP contribution >= 0.6 is 0 Å². The van der Waals surface area contributed by atoms with Crippen LogP contribution < -0.4 is 9.80 Å². The Morgan fingerprint density at radius 3 is 1.78 bits per heavy atom. The monoisotopic (exact) mass is 936 g/mol. The zero-order valence-electron chi connectivity index (χ0n) is 40.2. The summed E-state index contributed by atoms with van der Waals surface area (Å²) < 4.78 is 14.0. The number of benzene rings is 11. The largest absolute Gasteiger partial charge is 0.454 e. The Hall–Kier alpha value is -9.64. The van der Waals surface area contributed by atoms with Gasteiger partial charge < -0.3 is 18.6 Å². The first-order chi connectivity index (χ1) is 36.1. The second-order valence-corrected chi connectivity index (χ2v) is 18.5. The molecule has 0 aliphatic carbocycles. The number of aryl methyl sites for hydroxylation is 1. The zero-order valence-corrected chi connectivity index (χ0v) is 40.2. The third-order valence-electron chi connectivity index (χ3n) is 14.2. The fourth-order valence-electron chi connectivity index (χ4n) is 10.7. The van der Waals surface area contributed by atoms with Gasteiger partial charge in [-0.3, -0.25) is 0 Å². The molecule has 0 radical (unpaired) electrons. The molecule has 0 N–H and O–H groups in total. The number of anilines is 5. The van der Waals surface area contributed by atoms with Gasteiger partial charge >= 0.3 is 0 Å².